The minimum Gasteiger partial charge on any atom is -0.493 e. The number of ether oxygens (including phenoxy) is 2. The summed E-state index contributed by atoms with van der Waals surface area (Å²) in [7, 11) is 1.50. The van der Waals surface area contributed by atoms with E-state index in [1.54, 1.807) is 18.2 Å². The molecule has 2 aromatic carbocycles. The normalized spacial score (nSPS) is 13.3. The Hall–Kier alpha value is -3.94. The standard InChI is InChI=1S/C23H22N4O4/c1-30-20-9-6-14(10-21(20)31-13-22(24)28)12-25-27-23(29)17-11-19(15-7-8-15)26-18-5-3-2-4-16(17)18/h2-6,9-12,15H,7-8,13H2,1H3,(H2,24,28)(H,27,29). The van der Waals surface area contributed by atoms with Gasteiger partial charge >= 0.3 is 0 Å². The molecule has 1 aliphatic carbocycles. The van der Waals surface area contributed by atoms with E-state index in [9.17, 15) is 9.59 Å². The van der Waals surface area contributed by atoms with Crippen molar-refractivity contribution >= 4 is 28.9 Å². The van der Waals surface area contributed by atoms with Gasteiger partial charge in [0.05, 0.1) is 24.4 Å². The molecule has 0 unspecified atom stereocenters. The summed E-state index contributed by atoms with van der Waals surface area (Å²) >= 11 is 0. The zero-order chi connectivity index (χ0) is 21.8. The van der Waals surface area contributed by atoms with Crippen LogP contribution < -0.4 is 20.6 Å². The Balaban J connectivity index is 1.52. The van der Waals surface area contributed by atoms with Gasteiger partial charge in [0, 0.05) is 17.0 Å². The van der Waals surface area contributed by atoms with E-state index in [0.717, 1.165) is 29.4 Å². The Morgan fingerprint density at radius 1 is 1.19 bits per heavy atom. The molecule has 8 nitrogen and oxygen atoms in total. The molecular formula is C23H22N4O4. The van der Waals surface area contributed by atoms with Crippen LogP contribution in [0, 0.1) is 0 Å². The first kappa shape index (κ1) is 20.3. The van der Waals surface area contributed by atoms with Crippen LogP contribution >= 0.6 is 0 Å². The van der Waals surface area contributed by atoms with Gasteiger partial charge in [0.1, 0.15) is 0 Å². The molecule has 31 heavy (non-hydrogen) atoms. The number of nitrogens with two attached hydrogens (primary N) is 1. The Labute approximate surface area is 179 Å². The lowest BCUT2D eigenvalue weighted by Crippen LogP contribution is -2.20. The lowest BCUT2D eigenvalue weighted by atomic mass is 10.1. The van der Waals surface area contributed by atoms with Crippen LogP contribution in [0.15, 0.2) is 53.6 Å². The molecule has 3 N–H and O–H groups in total. The van der Waals surface area contributed by atoms with Crippen molar-refractivity contribution in [2.24, 2.45) is 10.8 Å². The number of carbonyl (C=O) groups is 2. The third-order valence-electron chi connectivity index (χ3n) is 4.91. The van der Waals surface area contributed by atoms with Crippen LogP contribution in [0.25, 0.3) is 10.9 Å². The average molecular weight is 418 g/mol. The average Bonchev–Trinajstić information content (AvgIpc) is 3.62. The Kier molecular flexibility index (Phi) is 5.79. The van der Waals surface area contributed by atoms with Crippen molar-refractivity contribution in [1.82, 2.24) is 10.4 Å². The van der Waals surface area contributed by atoms with Gasteiger partial charge in [-0.25, -0.2) is 5.43 Å². The molecule has 158 valence electrons. The van der Waals surface area contributed by atoms with Gasteiger partial charge in [0.25, 0.3) is 11.8 Å². The number of methoxy groups -OCH3 is 1. The molecule has 2 amide bonds. The van der Waals surface area contributed by atoms with Gasteiger partial charge in [0.2, 0.25) is 0 Å². The van der Waals surface area contributed by atoms with E-state index in [1.807, 2.05) is 30.3 Å². The highest BCUT2D eigenvalue weighted by molar-refractivity contribution is 6.06. The Bertz CT molecular complexity index is 1170. The van der Waals surface area contributed by atoms with Crippen LogP contribution in [0.2, 0.25) is 0 Å². The number of nitrogens with zero attached hydrogens (tertiary/aromatic N) is 2. The number of amides is 2. The van der Waals surface area contributed by atoms with Gasteiger partial charge in [-0.05, 0) is 48.7 Å². The van der Waals surface area contributed by atoms with Crippen molar-refractivity contribution in [3.63, 3.8) is 0 Å². The van der Waals surface area contributed by atoms with Crippen LogP contribution in [0.5, 0.6) is 11.5 Å². The zero-order valence-electron chi connectivity index (χ0n) is 17.0. The summed E-state index contributed by atoms with van der Waals surface area (Å²) < 4.78 is 10.6. The number of hydrogen-bond acceptors (Lipinski definition) is 6. The van der Waals surface area contributed by atoms with Gasteiger partial charge in [-0.15, -0.1) is 0 Å². The second-order valence-electron chi connectivity index (χ2n) is 7.25. The third-order valence-corrected chi connectivity index (χ3v) is 4.91. The molecule has 1 heterocycles. The summed E-state index contributed by atoms with van der Waals surface area (Å²) in [4.78, 5) is 28.5. The second-order valence-corrected chi connectivity index (χ2v) is 7.25. The fourth-order valence-electron chi connectivity index (χ4n) is 3.23. The summed E-state index contributed by atoms with van der Waals surface area (Å²) in [6, 6.07) is 14.5. The van der Waals surface area contributed by atoms with Crippen molar-refractivity contribution in [1.29, 1.82) is 0 Å². The molecule has 1 aromatic heterocycles. The maximum absolute atomic E-state index is 12.8. The van der Waals surface area contributed by atoms with E-state index in [1.165, 1.54) is 13.3 Å². The highest BCUT2D eigenvalue weighted by Gasteiger charge is 2.26. The number of hydrogen-bond donors (Lipinski definition) is 2. The predicted molar refractivity (Wildman–Crippen MR) is 116 cm³/mol. The van der Waals surface area contributed by atoms with E-state index in [-0.39, 0.29) is 12.5 Å². The number of primary amides is 1. The first-order chi connectivity index (χ1) is 15.0. The minimum absolute atomic E-state index is 0.272. The number of rotatable bonds is 8. The van der Waals surface area contributed by atoms with Crippen molar-refractivity contribution in [2.75, 3.05) is 13.7 Å². The predicted octanol–water partition coefficient (Wildman–Crippen LogP) is 2.75. The van der Waals surface area contributed by atoms with Gasteiger partial charge in [-0.3, -0.25) is 14.6 Å². The third kappa shape index (κ3) is 4.80. The van der Waals surface area contributed by atoms with Crippen molar-refractivity contribution in [3.8, 4) is 11.5 Å². The van der Waals surface area contributed by atoms with E-state index in [2.05, 4.69) is 15.5 Å². The van der Waals surface area contributed by atoms with Gasteiger partial charge in [-0.2, -0.15) is 5.10 Å². The molecule has 3 aromatic rings. The van der Waals surface area contributed by atoms with E-state index < -0.39 is 5.91 Å². The summed E-state index contributed by atoms with van der Waals surface area (Å²) in [5, 5.41) is 4.86. The molecule has 4 rings (SSSR count). The fourth-order valence-corrected chi connectivity index (χ4v) is 3.23. The van der Waals surface area contributed by atoms with Crippen LogP contribution in [0.4, 0.5) is 0 Å². The van der Waals surface area contributed by atoms with Crippen LogP contribution in [-0.4, -0.2) is 36.7 Å². The SMILES string of the molecule is COc1ccc(C=NNC(=O)c2cc(C3CC3)nc3ccccc23)cc1OCC(N)=O. The molecule has 0 spiro atoms. The number of para-hydroxylation sites is 1. The maximum Gasteiger partial charge on any atom is 0.272 e. The number of pyridine rings is 1. The topological polar surface area (TPSA) is 116 Å². The summed E-state index contributed by atoms with van der Waals surface area (Å²) in [5.41, 5.74) is 10.6. The largest absolute Gasteiger partial charge is 0.493 e. The molecule has 1 saturated carbocycles. The molecule has 0 atom stereocenters. The van der Waals surface area contributed by atoms with E-state index in [0.29, 0.717) is 28.5 Å². The lowest BCUT2D eigenvalue weighted by Gasteiger charge is -2.10. The van der Waals surface area contributed by atoms with E-state index in [4.69, 9.17) is 15.2 Å². The monoisotopic (exact) mass is 418 g/mol. The number of aromatic nitrogens is 1. The van der Waals surface area contributed by atoms with Crippen molar-refractivity contribution < 1.29 is 19.1 Å². The van der Waals surface area contributed by atoms with Crippen LogP contribution in [0.1, 0.15) is 40.4 Å². The number of nitrogens with one attached hydrogen (secondary N) is 1. The fraction of sp³-hybridized carbons (Fsp3) is 0.217. The maximum atomic E-state index is 12.8. The van der Waals surface area contributed by atoms with Crippen LogP contribution in [-0.2, 0) is 4.79 Å². The van der Waals surface area contributed by atoms with Gasteiger partial charge < -0.3 is 15.2 Å². The number of carbonyl (C=O) groups excluding carboxylic acids is 2. The highest BCUT2D eigenvalue weighted by Crippen LogP contribution is 2.40. The summed E-state index contributed by atoms with van der Waals surface area (Å²) in [6.45, 7) is -0.272. The second kappa shape index (κ2) is 8.83. The molecule has 1 aliphatic rings. The summed E-state index contributed by atoms with van der Waals surface area (Å²) in [6.07, 6.45) is 3.68. The molecule has 0 saturated heterocycles. The van der Waals surface area contributed by atoms with E-state index >= 15 is 0 Å². The number of benzene rings is 2. The molecule has 0 radical (unpaired) electrons. The first-order valence-corrected chi connectivity index (χ1v) is 9.87. The molecule has 8 heteroatoms. The highest BCUT2D eigenvalue weighted by atomic mass is 16.5. The molecule has 0 bridgehead atoms. The van der Waals surface area contributed by atoms with Crippen molar-refractivity contribution in [3.05, 3.63) is 65.4 Å². The minimum atomic E-state index is -0.594. The smallest absolute Gasteiger partial charge is 0.272 e. The Morgan fingerprint density at radius 2 is 2.00 bits per heavy atom. The molecule has 1 fully saturated rings. The Morgan fingerprint density at radius 3 is 2.74 bits per heavy atom. The van der Waals surface area contributed by atoms with Gasteiger partial charge in [0.15, 0.2) is 18.1 Å². The zero-order valence-corrected chi connectivity index (χ0v) is 17.0. The molecule has 0 aliphatic heterocycles. The van der Waals surface area contributed by atoms with Gasteiger partial charge in [-0.1, -0.05) is 18.2 Å². The van der Waals surface area contributed by atoms with Crippen molar-refractivity contribution in [2.45, 2.75) is 18.8 Å². The van der Waals surface area contributed by atoms with Crippen LogP contribution in [0.3, 0.4) is 0 Å². The number of fused-ring (bicyclic) bond motifs is 1. The molecular weight excluding hydrogens is 396 g/mol. The number of hydrazone groups is 1. The quantitative estimate of drug-likeness (QED) is 0.431. The first-order valence-electron chi connectivity index (χ1n) is 9.87. The summed E-state index contributed by atoms with van der Waals surface area (Å²) in [5.74, 6) is 0.334. The lowest BCUT2D eigenvalue weighted by molar-refractivity contribution is -0.119.